The van der Waals surface area contributed by atoms with Crippen molar-refractivity contribution < 1.29 is 9.94 Å². The highest BCUT2D eigenvalue weighted by Crippen LogP contribution is 2.39. The molecule has 0 saturated carbocycles. The van der Waals surface area contributed by atoms with Crippen molar-refractivity contribution in [3.8, 4) is 5.88 Å². The summed E-state index contributed by atoms with van der Waals surface area (Å²) in [5.74, 6) is 0.146. The van der Waals surface area contributed by atoms with Gasteiger partial charge in [0.05, 0.1) is 16.8 Å². The number of nitrogens with one attached hydrogen (secondary N) is 2. The zero-order valence-corrected chi connectivity index (χ0v) is 19.9. The Hall–Kier alpha value is -2.68. The summed E-state index contributed by atoms with van der Waals surface area (Å²) in [4.78, 5) is 10.5. The largest absolute Gasteiger partial charge is 0.494 e. The highest BCUT2D eigenvalue weighted by Gasteiger charge is 2.30. The second kappa shape index (κ2) is 10.3. The van der Waals surface area contributed by atoms with Crippen molar-refractivity contribution in [2.24, 2.45) is 17.2 Å². The number of aryl methyl sites for hydroxylation is 1. The van der Waals surface area contributed by atoms with E-state index in [1.54, 1.807) is 4.57 Å². The van der Waals surface area contributed by atoms with Gasteiger partial charge in [0, 0.05) is 42.1 Å². The summed E-state index contributed by atoms with van der Waals surface area (Å²) in [6.45, 7) is 6.15. The van der Waals surface area contributed by atoms with Crippen LogP contribution in [0.3, 0.4) is 0 Å². The number of hydrogen-bond acceptors (Lipinski definition) is 6. The van der Waals surface area contributed by atoms with Gasteiger partial charge >= 0.3 is 0 Å². The van der Waals surface area contributed by atoms with E-state index >= 15 is 0 Å². The molecule has 0 unspecified atom stereocenters. The van der Waals surface area contributed by atoms with Gasteiger partial charge in [-0.2, -0.15) is 0 Å². The molecular weight excluding hydrogens is 470 g/mol. The van der Waals surface area contributed by atoms with Crippen molar-refractivity contribution in [2.45, 2.75) is 13.3 Å². The van der Waals surface area contributed by atoms with E-state index in [0.717, 1.165) is 52.7 Å². The number of aliphatic imine (C=N–C) groups is 1. The molecule has 3 aromatic rings. The lowest BCUT2D eigenvalue weighted by Crippen LogP contribution is -2.29. The van der Waals surface area contributed by atoms with E-state index in [4.69, 9.17) is 9.83 Å². The maximum Gasteiger partial charge on any atom is 0.201 e. The molecule has 1 aliphatic rings. The van der Waals surface area contributed by atoms with Crippen molar-refractivity contribution in [1.29, 1.82) is 0 Å². The molecule has 7 nitrogen and oxygen atoms in total. The van der Waals surface area contributed by atoms with Crippen molar-refractivity contribution >= 4 is 43.9 Å². The second-order valence-electron chi connectivity index (χ2n) is 7.64. The van der Waals surface area contributed by atoms with Gasteiger partial charge in [-0.3, -0.25) is 0 Å². The molecule has 2 aromatic carbocycles. The summed E-state index contributed by atoms with van der Waals surface area (Å²) >= 11 is 3.59. The van der Waals surface area contributed by atoms with Crippen LogP contribution in [-0.4, -0.2) is 53.9 Å². The second-order valence-corrected chi connectivity index (χ2v) is 8.50. The summed E-state index contributed by atoms with van der Waals surface area (Å²) in [5.41, 5.74) is 4.52. The first kappa shape index (κ1) is 22.5. The summed E-state index contributed by atoms with van der Waals surface area (Å²) in [7, 11) is 1.84. The Bertz CT molecular complexity index is 1170. The van der Waals surface area contributed by atoms with E-state index < -0.39 is 0 Å². The molecule has 0 saturated heterocycles. The average Bonchev–Trinajstić information content (AvgIpc) is 3.28. The van der Waals surface area contributed by atoms with Gasteiger partial charge in [-0.1, -0.05) is 42.4 Å². The molecule has 168 valence electrons. The molecule has 3 N–H and O–H groups in total. The molecule has 4 rings (SSSR count). The van der Waals surface area contributed by atoms with Gasteiger partial charge in [-0.05, 0) is 41.0 Å². The number of fused-ring (bicyclic) bond motifs is 2. The minimum Gasteiger partial charge on any atom is -0.494 e. The van der Waals surface area contributed by atoms with E-state index in [2.05, 4.69) is 38.6 Å². The van der Waals surface area contributed by atoms with E-state index in [9.17, 15) is 5.11 Å². The fraction of sp³-hybridized carbons (Fsp3) is 0.333. The number of halogens is 1. The number of aromatic nitrogens is 1. The number of aromatic hydroxyl groups is 1. The van der Waals surface area contributed by atoms with Crippen LogP contribution < -0.4 is 10.6 Å². The van der Waals surface area contributed by atoms with E-state index in [1.807, 2.05) is 49.5 Å². The third-order valence-electron chi connectivity index (χ3n) is 5.42. The van der Waals surface area contributed by atoms with Crippen molar-refractivity contribution in [3.05, 3.63) is 58.1 Å². The minimum absolute atomic E-state index is 0.146. The van der Waals surface area contributed by atoms with Crippen LogP contribution in [-0.2, 0) is 11.9 Å². The van der Waals surface area contributed by atoms with Crippen LogP contribution in [0.4, 0.5) is 5.69 Å². The van der Waals surface area contributed by atoms with Crippen LogP contribution >= 0.6 is 15.9 Å². The first-order valence-electron chi connectivity index (χ1n) is 10.9. The lowest BCUT2D eigenvalue weighted by molar-refractivity contribution is 0.147. The molecule has 0 atom stereocenters. The lowest BCUT2D eigenvalue weighted by Gasteiger charge is -2.07. The van der Waals surface area contributed by atoms with E-state index in [1.165, 1.54) is 0 Å². The minimum atomic E-state index is 0.146. The molecule has 0 fully saturated rings. The number of oxime groups is 1. The fourth-order valence-electron chi connectivity index (χ4n) is 3.86. The lowest BCUT2D eigenvalue weighted by atomic mass is 10.0. The normalized spacial score (nSPS) is 14.2. The van der Waals surface area contributed by atoms with Gasteiger partial charge in [0.15, 0.2) is 0 Å². The Kier molecular flexibility index (Phi) is 7.24. The molecule has 0 aliphatic carbocycles. The van der Waals surface area contributed by atoms with Crippen LogP contribution in [0.15, 0.2) is 57.1 Å². The number of para-hydroxylation sites is 2. The SMILES string of the molecule is CCCNCCNCCON=C1C(c2c(O)n(C)c3c(Br)cccc23)=Nc2ccccc21. The Morgan fingerprint density at radius 3 is 2.66 bits per heavy atom. The standard InChI is InChI=1S/C24H28BrN5O2/c1-3-11-26-12-13-27-14-15-32-29-21-16-7-4-5-10-19(16)28-22(21)20-17-8-6-9-18(25)23(17)30(2)24(20)31/h4-10,26-27,31H,3,11-15H2,1-2H3. The summed E-state index contributed by atoms with van der Waals surface area (Å²) in [6, 6.07) is 13.7. The van der Waals surface area contributed by atoms with Gasteiger partial charge in [-0.15, -0.1) is 0 Å². The van der Waals surface area contributed by atoms with Crippen LogP contribution in [0.1, 0.15) is 24.5 Å². The monoisotopic (exact) mass is 497 g/mol. The van der Waals surface area contributed by atoms with E-state index in [-0.39, 0.29) is 5.88 Å². The summed E-state index contributed by atoms with van der Waals surface area (Å²) in [5, 5.41) is 23.0. The zero-order chi connectivity index (χ0) is 22.5. The fourth-order valence-corrected chi connectivity index (χ4v) is 4.49. The van der Waals surface area contributed by atoms with Gasteiger partial charge in [-0.25, -0.2) is 4.99 Å². The van der Waals surface area contributed by atoms with Crippen molar-refractivity contribution in [3.63, 3.8) is 0 Å². The van der Waals surface area contributed by atoms with Crippen molar-refractivity contribution in [2.75, 3.05) is 32.8 Å². The molecule has 0 amide bonds. The Morgan fingerprint density at radius 2 is 1.84 bits per heavy atom. The van der Waals surface area contributed by atoms with Gasteiger partial charge < -0.3 is 25.1 Å². The van der Waals surface area contributed by atoms with E-state index in [0.29, 0.717) is 30.1 Å². The molecule has 0 radical (unpaired) electrons. The number of hydrogen-bond donors (Lipinski definition) is 3. The molecule has 1 aromatic heterocycles. The maximum atomic E-state index is 11.0. The zero-order valence-electron chi connectivity index (χ0n) is 18.4. The Morgan fingerprint density at radius 1 is 1.06 bits per heavy atom. The third-order valence-corrected chi connectivity index (χ3v) is 6.06. The molecule has 1 aliphatic heterocycles. The van der Waals surface area contributed by atoms with Gasteiger partial charge in [0.25, 0.3) is 0 Å². The Labute approximate surface area is 196 Å². The number of benzene rings is 2. The molecule has 32 heavy (non-hydrogen) atoms. The van der Waals surface area contributed by atoms with Crippen LogP contribution in [0.2, 0.25) is 0 Å². The molecule has 2 heterocycles. The predicted octanol–water partition coefficient (Wildman–Crippen LogP) is 4.09. The number of rotatable bonds is 10. The predicted molar refractivity (Wildman–Crippen MR) is 133 cm³/mol. The van der Waals surface area contributed by atoms with Gasteiger partial charge in [0.1, 0.15) is 18.0 Å². The third kappa shape index (κ3) is 4.44. The summed E-state index contributed by atoms with van der Waals surface area (Å²) < 4.78 is 2.67. The number of nitrogens with zero attached hydrogens (tertiary/aromatic N) is 3. The first-order chi connectivity index (χ1) is 15.6. The van der Waals surface area contributed by atoms with Crippen LogP contribution in [0.25, 0.3) is 10.9 Å². The molecule has 8 heteroatoms. The molecular formula is C24H28BrN5O2. The van der Waals surface area contributed by atoms with Gasteiger partial charge in [0.2, 0.25) is 5.88 Å². The highest BCUT2D eigenvalue weighted by molar-refractivity contribution is 9.10. The molecule has 0 bridgehead atoms. The van der Waals surface area contributed by atoms with Crippen molar-refractivity contribution in [1.82, 2.24) is 15.2 Å². The average molecular weight is 498 g/mol. The smallest absolute Gasteiger partial charge is 0.201 e. The first-order valence-corrected chi connectivity index (χ1v) is 11.7. The highest BCUT2D eigenvalue weighted by atomic mass is 79.9. The quantitative estimate of drug-likeness (QED) is 0.291. The summed E-state index contributed by atoms with van der Waals surface area (Å²) in [6.07, 6.45) is 1.13. The topological polar surface area (TPSA) is 83.2 Å². The Balaban J connectivity index is 1.56. The van der Waals surface area contributed by atoms with Crippen LogP contribution in [0.5, 0.6) is 5.88 Å². The van der Waals surface area contributed by atoms with Crippen LogP contribution in [0, 0.1) is 0 Å². The maximum absolute atomic E-state index is 11.0. The molecule has 0 spiro atoms.